The molecule has 3 fully saturated rings. The Kier molecular flexibility index (Phi) is 4.63. The molecule has 0 aromatic heterocycles. The monoisotopic (exact) mass is 360 g/mol. The second-order valence-electron chi connectivity index (χ2n) is 10.6. The van der Waals surface area contributed by atoms with Crippen LogP contribution in [0, 0.1) is 28.1 Å². The Balaban J connectivity index is 1.68. The summed E-state index contributed by atoms with van der Waals surface area (Å²) in [6, 6.07) is 0. The molecule has 4 atom stereocenters. The average Bonchev–Trinajstić information content (AvgIpc) is 3.08. The van der Waals surface area contributed by atoms with Crippen molar-refractivity contribution < 1.29 is 9.47 Å². The Labute approximate surface area is 161 Å². The highest BCUT2D eigenvalue weighted by Crippen LogP contribution is 2.70. The number of allylic oxidation sites excluding steroid dienone is 2. The molecule has 4 rings (SSSR count). The second-order valence-corrected chi connectivity index (χ2v) is 10.6. The van der Waals surface area contributed by atoms with Crippen LogP contribution in [0.15, 0.2) is 11.6 Å². The van der Waals surface area contributed by atoms with Crippen molar-refractivity contribution >= 4 is 0 Å². The number of ether oxygens (including phenoxy) is 2. The first kappa shape index (κ1) is 19.0. The maximum absolute atomic E-state index is 6.28. The minimum absolute atomic E-state index is 0.0784. The Hall–Kier alpha value is -0.340. The molecule has 148 valence electrons. The minimum Gasteiger partial charge on any atom is -0.347 e. The van der Waals surface area contributed by atoms with Gasteiger partial charge < -0.3 is 9.47 Å². The summed E-state index contributed by atoms with van der Waals surface area (Å²) < 4.78 is 12.6. The van der Waals surface area contributed by atoms with Gasteiger partial charge in [0.15, 0.2) is 5.79 Å². The molecular formula is C24H40O2. The lowest BCUT2D eigenvalue weighted by atomic mass is 9.41. The van der Waals surface area contributed by atoms with Crippen molar-refractivity contribution in [2.75, 3.05) is 13.2 Å². The molecule has 26 heavy (non-hydrogen) atoms. The predicted molar refractivity (Wildman–Crippen MR) is 107 cm³/mol. The largest absolute Gasteiger partial charge is 0.347 e. The fourth-order valence-electron chi connectivity index (χ4n) is 7.74. The van der Waals surface area contributed by atoms with Crippen LogP contribution in [0.1, 0.15) is 92.4 Å². The molecular weight excluding hydrogens is 320 g/mol. The van der Waals surface area contributed by atoms with Crippen molar-refractivity contribution in [3.8, 4) is 0 Å². The van der Waals surface area contributed by atoms with Crippen LogP contribution < -0.4 is 0 Å². The molecule has 1 saturated heterocycles. The maximum atomic E-state index is 6.28. The van der Waals surface area contributed by atoms with Crippen molar-refractivity contribution in [2.45, 2.75) is 98.2 Å². The van der Waals surface area contributed by atoms with Crippen molar-refractivity contribution in [3.63, 3.8) is 0 Å². The van der Waals surface area contributed by atoms with E-state index in [0.717, 1.165) is 25.6 Å². The van der Waals surface area contributed by atoms with Crippen molar-refractivity contribution in [1.82, 2.24) is 0 Å². The van der Waals surface area contributed by atoms with Crippen LogP contribution in [0.5, 0.6) is 0 Å². The fraction of sp³-hybridized carbons (Fsp3) is 0.917. The van der Waals surface area contributed by atoms with Gasteiger partial charge in [-0.05, 0) is 61.2 Å². The molecule has 0 N–H and O–H groups in total. The van der Waals surface area contributed by atoms with Gasteiger partial charge >= 0.3 is 0 Å². The molecule has 3 aliphatic carbocycles. The third kappa shape index (κ3) is 2.43. The fourth-order valence-corrected chi connectivity index (χ4v) is 7.74. The van der Waals surface area contributed by atoms with Gasteiger partial charge in [-0.2, -0.15) is 0 Å². The summed E-state index contributed by atoms with van der Waals surface area (Å²) in [5, 5.41) is 0. The van der Waals surface area contributed by atoms with Crippen molar-refractivity contribution in [2.24, 2.45) is 28.1 Å². The highest BCUT2D eigenvalue weighted by molar-refractivity contribution is 5.32. The van der Waals surface area contributed by atoms with Gasteiger partial charge in [0.1, 0.15) is 0 Å². The molecule has 0 bridgehead atoms. The first-order valence-corrected chi connectivity index (χ1v) is 11.3. The number of hydrogen-bond acceptors (Lipinski definition) is 2. The molecule has 1 spiro atoms. The SMILES string of the molecule is CCCC[C@@H]1CCC=C2[C@@]1(C)CC[C@H]1C(C)(C)C3(CC[C@]21C)OCCO3. The Morgan fingerprint density at radius 3 is 2.38 bits per heavy atom. The molecule has 1 aliphatic heterocycles. The van der Waals surface area contributed by atoms with E-state index in [9.17, 15) is 0 Å². The molecule has 2 nitrogen and oxygen atoms in total. The lowest BCUT2D eigenvalue weighted by Crippen LogP contribution is -2.62. The predicted octanol–water partition coefficient (Wildman–Crippen LogP) is 6.50. The van der Waals surface area contributed by atoms with Crippen LogP contribution in [-0.2, 0) is 9.47 Å². The van der Waals surface area contributed by atoms with E-state index in [4.69, 9.17) is 9.47 Å². The zero-order valence-electron chi connectivity index (χ0n) is 17.8. The van der Waals surface area contributed by atoms with Gasteiger partial charge in [0.2, 0.25) is 0 Å². The normalized spacial score (nSPS) is 43.7. The lowest BCUT2D eigenvalue weighted by molar-refractivity contribution is -0.285. The van der Waals surface area contributed by atoms with Crippen LogP contribution in [0.25, 0.3) is 0 Å². The van der Waals surface area contributed by atoms with Crippen LogP contribution in [0.4, 0.5) is 0 Å². The smallest absolute Gasteiger partial charge is 0.173 e. The number of hydrogen-bond donors (Lipinski definition) is 0. The van der Waals surface area contributed by atoms with E-state index >= 15 is 0 Å². The Morgan fingerprint density at radius 1 is 0.962 bits per heavy atom. The van der Waals surface area contributed by atoms with Gasteiger partial charge in [0.25, 0.3) is 0 Å². The summed E-state index contributed by atoms with van der Waals surface area (Å²) in [7, 11) is 0. The summed E-state index contributed by atoms with van der Waals surface area (Å²) in [4.78, 5) is 0. The van der Waals surface area contributed by atoms with Crippen LogP contribution >= 0.6 is 0 Å². The summed E-state index contributed by atoms with van der Waals surface area (Å²) in [5.74, 6) is 1.21. The van der Waals surface area contributed by atoms with E-state index in [1.807, 2.05) is 5.57 Å². The van der Waals surface area contributed by atoms with Gasteiger partial charge in [-0.3, -0.25) is 0 Å². The third-order valence-corrected chi connectivity index (χ3v) is 9.20. The topological polar surface area (TPSA) is 18.5 Å². The molecule has 2 saturated carbocycles. The number of fused-ring (bicyclic) bond motifs is 3. The van der Waals surface area contributed by atoms with E-state index in [-0.39, 0.29) is 11.2 Å². The van der Waals surface area contributed by atoms with E-state index in [0.29, 0.717) is 16.7 Å². The molecule has 0 amide bonds. The highest BCUT2D eigenvalue weighted by atomic mass is 16.7. The van der Waals surface area contributed by atoms with E-state index < -0.39 is 0 Å². The molecule has 0 aromatic rings. The van der Waals surface area contributed by atoms with Gasteiger partial charge in [-0.15, -0.1) is 0 Å². The van der Waals surface area contributed by atoms with Gasteiger partial charge in [-0.1, -0.05) is 59.1 Å². The van der Waals surface area contributed by atoms with E-state index in [1.54, 1.807) is 0 Å². The van der Waals surface area contributed by atoms with Gasteiger partial charge in [0.05, 0.1) is 13.2 Å². The maximum Gasteiger partial charge on any atom is 0.173 e. The zero-order chi connectivity index (χ0) is 18.6. The second kappa shape index (κ2) is 6.34. The zero-order valence-corrected chi connectivity index (χ0v) is 17.8. The van der Waals surface area contributed by atoms with Crippen LogP contribution in [-0.4, -0.2) is 19.0 Å². The van der Waals surface area contributed by atoms with E-state index in [1.165, 1.54) is 51.4 Å². The number of rotatable bonds is 3. The van der Waals surface area contributed by atoms with Gasteiger partial charge in [-0.25, -0.2) is 0 Å². The van der Waals surface area contributed by atoms with Crippen molar-refractivity contribution in [1.29, 1.82) is 0 Å². The number of unbranched alkanes of at least 4 members (excludes halogenated alkanes) is 1. The average molecular weight is 361 g/mol. The lowest BCUT2D eigenvalue weighted by Gasteiger charge is -2.65. The van der Waals surface area contributed by atoms with Crippen molar-refractivity contribution in [3.05, 3.63) is 11.6 Å². The van der Waals surface area contributed by atoms with Crippen LogP contribution in [0.3, 0.4) is 0 Å². The summed E-state index contributed by atoms with van der Waals surface area (Å²) >= 11 is 0. The van der Waals surface area contributed by atoms with E-state index in [2.05, 4.69) is 40.7 Å². The molecule has 0 aromatic carbocycles. The molecule has 0 radical (unpaired) electrons. The molecule has 0 unspecified atom stereocenters. The van der Waals surface area contributed by atoms with Crippen LogP contribution in [0.2, 0.25) is 0 Å². The van der Waals surface area contributed by atoms with Gasteiger partial charge in [0, 0.05) is 11.8 Å². The quantitative estimate of drug-likeness (QED) is 0.535. The first-order valence-electron chi connectivity index (χ1n) is 11.3. The molecule has 2 heteroatoms. The minimum atomic E-state index is -0.332. The first-order chi connectivity index (χ1) is 12.3. The molecule has 1 heterocycles. The standard InChI is InChI=1S/C24H40O2/c1-6-7-9-18-10-8-11-20-22(18,4)13-12-19-21(2,3)24(25-16-17-26-24)15-14-23(19,20)5/h11,18-19H,6-10,12-17H2,1-5H3/t18-,19+,22+,23+/m1/s1. The highest BCUT2D eigenvalue weighted by Gasteiger charge is 2.66. The summed E-state index contributed by atoms with van der Waals surface area (Å²) in [6.45, 7) is 13.9. The molecule has 4 aliphatic rings. The summed E-state index contributed by atoms with van der Waals surface area (Å²) in [6.07, 6.45) is 14.5. The summed E-state index contributed by atoms with van der Waals surface area (Å²) in [5.41, 5.74) is 2.64. The Bertz CT molecular complexity index is 571. The Morgan fingerprint density at radius 2 is 1.69 bits per heavy atom. The third-order valence-electron chi connectivity index (χ3n) is 9.20.